The highest BCUT2D eigenvalue weighted by molar-refractivity contribution is 7.71. The van der Waals surface area contributed by atoms with E-state index in [0.717, 1.165) is 18.7 Å². The lowest BCUT2D eigenvalue weighted by Crippen LogP contribution is -2.35. The number of amides is 1. The minimum atomic E-state index is 0.00940. The highest BCUT2D eigenvalue weighted by atomic mass is 32.1. The van der Waals surface area contributed by atoms with Gasteiger partial charge in [0, 0.05) is 11.3 Å². The number of rotatable bonds is 7. The summed E-state index contributed by atoms with van der Waals surface area (Å²) in [6.45, 7) is 2.33. The summed E-state index contributed by atoms with van der Waals surface area (Å²) in [5.74, 6) is 1.40. The highest BCUT2D eigenvalue weighted by Gasteiger charge is 2.28. The van der Waals surface area contributed by atoms with Crippen LogP contribution in [-0.4, -0.2) is 20.7 Å². The third-order valence-corrected chi connectivity index (χ3v) is 5.92. The molecule has 1 aliphatic rings. The van der Waals surface area contributed by atoms with Crippen molar-refractivity contribution >= 4 is 29.5 Å². The molecule has 130 valence electrons. The quantitative estimate of drug-likeness (QED) is 0.730. The van der Waals surface area contributed by atoms with Gasteiger partial charge in [0.25, 0.3) is 0 Å². The maximum Gasteiger partial charge on any atom is 0.240 e. The Bertz CT molecular complexity index is 713. The van der Waals surface area contributed by atoms with E-state index in [1.807, 2.05) is 4.57 Å². The first-order valence-electron chi connectivity index (χ1n) is 8.66. The van der Waals surface area contributed by atoms with E-state index in [2.05, 4.69) is 40.0 Å². The van der Waals surface area contributed by atoms with Gasteiger partial charge in [0.05, 0.1) is 6.04 Å². The van der Waals surface area contributed by atoms with Gasteiger partial charge in [-0.3, -0.25) is 14.5 Å². The van der Waals surface area contributed by atoms with Gasteiger partial charge >= 0.3 is 0 Å². The molecule has 24 heavy (non-hydrogen) atoms. The molecule has 3 rings (SSSR count). The summed E-state index contributed by atoms with van der Waals surface area (Å²) in [5, 5.41) is 12.4. The Morgan fingerprint density at radius 1 is 1.54 bits per heavy atom. The van der Waals surface area contributed by atoms with Gasteiger partial charge in [-0.15, -0.1) is 11.3 Å². The van der Waals surface area contributed by atoms with Crippen molar-refractivity contribution in [1.82, 2.24) is 20.1 Å². The van der Waals surface area contributed by atoms with Crippen LogP contribution in [0.5, 0.6) is 0 Å². The second-order valence-corrected chi connectivity index (χ2v) is 7.75. The van der Waals surface area contributed by atoms with Crippen LogP contribution in [0.25, 0.3) is 0 Å². The van der Waals surface area contributed by atoms with Crippen LogP contribution in [0.2, 0.25) is 0 Å². The number of H-pyrrole nitrogens is 1. The number of aryl methyl sites for hydroxylation is 1. The number of hydrogen-bond acceptors (Lipinski definition) is 4. The summed E-state index contributed by atoms with van der Waals surface area (Å²) < 4.78 is 2.33. The lowest BCUT2D eigenvalue weighted by Gasteiger charge is -2.24. The molecule has 7 heteroatoms. The molecule has 2 heterocycles. The lowest BCUT2D eigenvalue weighted by molar-refractivity contribution is -0.122. The zero-order valence-electron chi connectivity index (χ0n) is 14.0. The van der Waals surface area contributed by atoms with Crippen LogP contribution >= 0.6 is 23.6 Å². The van der Waals surface area contributed by atoms with Gasteiger partial charge in [0.15, 0.2) is 4.77 Å². The number of carbonyl (C=O) groups excluding carboxylic acids is 1. The standard InChI is InChI=1S/C17H24N4OS2/c1-2-6-14-19-20-17(23)21(14)11-15(22)18-16(12-7-3-4-8-12)13-9-5-10-24-13/h5,9-10,12,16H,2-4,6-8,11H2,1H3,(H,18,22)(H,20,23)/t16-/m0/s1. The monoisotopic (exact) mass is 364 g/mol. The molecule has 0 aromatic carbocycles. The predicted molar refractivity (Wildman–Crippen MR) is 98.6 cm³/mol. The van der Waals surface area contributed by atoms with E-state index in [1.54, 1.807) is 11.3 Å². The normalized spacial score (nSPS) is 16.4. The van der Waals surface area contributed by atoms with Crippen molar-refractivity contribution < 1.29 is 4.79 Å². The van der Waals surface area contributed by atoms with Crippen LogP contribution in [0, 0.1) is 10.7 Å². The van der Waals surface area contributed by atoms with Crippen LogP contribution in [0.1, 0.15) is 55.8 Å². The summed E-state index contributed by atoms with van der Waals surface area (Å²) in [6.07, 6.45) is 6.69. The molecular weight excluding hydrogens is 340 g/mol. The molecule has 1 fully saturated rings. The molecule has 0 bridgehead atoms. The molecule has 5 nitrogen and oxygen atoms in total. The highest BCUT2D eigenvalue weighted by Crippen LogP contribution is 2.37. The predicted octanol–water partition coefficient (Wildman–Crippen LogP) is 4.00. The number of hydrogen-bond donors (Lipinski definition) is 2. The summed E-state index contributed by atoms with van der Waals surface area (Å²) in [5.41, 5.74) is 0. The molecule has 1 aliphatic carbocycles. The first kappa shape index (κ1) is 17.4. The molecule has 2 aromatic rings. The van der Waals surface area contributed by atoms with Crippen LogP contribution in [0.15, 0.2) is 17.5 Å². The topological polar surface area (TPSA) is 62.7 Å². The third kappa shape index (κ3) is 3.95. The number of thiophene rings is 1. The Morgan fingerprint density at radius 3 is 3.00 bits per heavy atom. The minimum absolute atomic E-state index is 0.00940. The molecule has 0 spiro atoms. The van der Waals surface area contributed by atoms with Crippen molar-refractivity contribution in [1.29, 1.82) is 0 Å². The van der Waals surface area contributed by atoms with Crippen molar-refractivity contribution in [3.8, 4) is 0 Å². The van der Waals surface area contributed by atoms with E-state index in [-0.39, 0.29) is 18.5 Å². The number of aromatic nitrogens is 3. The third-order valence-electron chi connectivity index (χ3n) is 4.65. The second kappa shape index (κ2) is 8.07. The maximum atomic E-state index is 12.7. The van der Waals surface area contributed by atoms with Crippen molar-refractivity contribution in [2.75, 3.05) is 0 Å². The Labute approximate surface area is 151 Å². The van der Waals surface area contributed by atoms with Crippen molar-refractivity contribution in [3.05, 3.63) is 33.0 Å². The average molecular weight is 365 g/mol. The van der Waals surface area contributed by atoms with Gasteiger partial charge in [-0.05, 0) is 48.8 Å². The Morgan fingerprint density at radius 2 is 2.33 bits per heavy atom. The molecule has 1 amide bonds. The largest absolute Gasteiger partial charge is 0.347 e. The molecule has 2 aromatic heterocycles. The Balaban J connectivity index is 1.72. The van der Waals surface area contributed by atoms with Gasteiger partial charge in [-0.25, -0.2) is 0 Å². The molecule has 1 atom stereocenters. The first-order valence-corrected chi connectivity index (χ1v) is 9.94. The van der Waals surface area contributed by atoms with E-state index in [0.29, 0.717) is 10.7 Å². The molecule has 0 unspecified atom stereocenters. The fourth-order valence-corrected chi connectivity index (χ4v) is 4.56. The Kier molecular flexibility index (Phi) is 5.84. The van der Waals surface area contributed by atoms with E-state index >= 15 is 0 Å². The van der Waals surface area contributed by atoms with E-state index in [9.17, 15) is 4.79 Å². The summed E-state index contributed by atoms with van der Waals surface area (Å²) in [4.78, 5) is 13.9. The van der Waals surface area contributed by atoms with Crippen LogP contribution in [-0.2, 0) is 17.8 Å². The summed E-state index contributed by atoms with van der Waals surface area (Å²) >= 11 is 6.99. The minimum Gasteiger partial charge on any atom is -0.347 e. The number of nitrogens with one attached hydrogen (secondary N) is 2. The van der Waals surface area contributed by atoms with Gasteiger partial charge < -0.3 is 5.32 Å². The maximum absolute atomic E-state index is 12.7. The Hall–Kier alpha value is -1.47. The van der Waals surface area contributed by atoms with Crippen molar-refractivity contribution in [2.24, 2.45) is 5.92 Å². The van der Waals surface area contributed by atoms with Crippen LogP contribution < -0.4 is 5.32 Å². The molecule has 0 aliphatic heterocycles. The van der Waals surface area contributed by atoms with Crippen LogP contribution in [0.4, 0.5) is 0 Å². The molecule has 0 saturated heterocycles. The van der Waals surface area contributed by atoms with E-state index < -0.39 is 0 Å². The zero-order chi connectivity index (χ0) is 16.9. The van der Waals surface area contributed by atoms with Gasteiger partial charge in [0.1, 0.15) is 12.4 Å². The molecule has 2 N–H and O–H groups in total. The number of carbonyl (C=O) groups is 1. The lowest BCUT2D eigenvalue weighted by atomic mass is 9.96. The second-order valence-electron chi connectivity index (χ2n) is 6.39. The van der Waals surface area contributed by atoms with Crippen molar-refractivity contribution in [2.45, 2.75) is 58.0 Å². The van der Waals surface area contributed by atoms with Gasteiger partial charge in [-0.1, -0.05) is 25.8 Å². The van der Waals surface area contributed by atoms with Crippen LogP contribution in [0.3, 0.4) is 0 Å². The van der Waals surface area contributed by atoms with Gasteiger partial charge in [-0.2, -0.15) is 5.10 Å². The smallest absolute Gasteiger partial charge is 0.240 e. The summed E-state index contributed by atoms with van der Waals surface area (Å²) in [6, 6.07) is 4.30. The molecule has 1 saturated carbocycles. The fourth-order valence-electron chi connectivity index (χ4n) is 3.47. The van der Waals surface area contributed by atoms with Gasteiger partial charge in [0.2, 0.25) is 5.91 Å². The zero-order valence-corrected chi connectivity index (χ0v) is 15.6. The molecule has 0 radical (unpaired) electrons. The van der Waals surface area contributed by atoms with Crippen molar-refractivity contribution in [3.63, 3.8) is 0 Å². The fraction of sp³-hybridized carbons (Fsp3) is 0.588. The average Bonchev–Trinajstić information content (AvgIpc) is 3.31. The first-order chi connectivity index (χ1) is 11.7. The molecular formula is C17H24N4OS2. The van der Waals surface area contributed by atoms with E-state index in [1.165, 1.54) is 30.6 Å². The number of aromatic amines is 1. The SMILES string of the molecule is CCCc1n[nH]c(=S)n1CC(=O)N[C@H](c1cccs1)C1CCCC1. The number of nitrogens with zero attached hydrogens (tertiary/aromatic N) is 2. The summed E-state index contributed by atoms with van der Waals surface area (Å²) in [7, 11) is 0. The van der Waals surface area contributed by atoms with E-state index in [4.69, 9.17) is 12.2 Å².